The second kappa shape index (κ2) is 11.3. The summed E-state index contributed by atoms with van der Waals surface area (Å²) in [5.74, 6) is -2.12. The highest BCUT2D eigenvalue weighted by atomic mass is 19.4. The van der Waals surface area contributed by atoms with Crippen LogP contribution in [0.1, 0.15) is 18.4 Å². The Kier molecular flexibility index (Phi) is 9.07. The number of carboxylic acid groups (broad SMARTS) is 1. The maximum absolute atomic E-state index is 11.4. The summed E-state index contributed by atoms with van der Waals surface area (Å²) in [5.41, 5.74) is 1.21. The van der Waals surface area contributed by atoms with Gasteiger partial charge in [-0.05, 0) is 12.0 Å². The van der Waals surface area contributed by atoms with Crippen molar-refractivity contribution in [3.63, 3.8) is 0 Å². The normalized spacial score (nSPS) is 23.4. The molecule has 2 aliphatic rings. The lowest BCUT2D eigenvalue weighted by atomic mass is 10.0. The highest BCUT2D eigenvalue weighted by molar-refractivity contribution is 5.76. The minimum absolute atomic E-state index is 0.0705. The topological polar surface area (TPSA) is 88.1 Å². The number of likely N-dealkylation sites (tertiary alicyclic amines) is 1. The minimum atomic E-state index is -5.08. The molecule has 1 amide bonds. The Morgan fingerprint density at radius 2 is 1.93 bits per heavy atom. The van der Waals surface area contributed by atoms with Gasteiger partial charge in [-0.15, -0.1) is 0 Å². The molecule has 2 saturated heterocycles. The molecule has 0 spiro atoms. The molecule has 7 nitrogen and oxygen atoms in total. The fourth-order valence-electron chi connectivity index (χ4n) is 3.53. The zero-order valence-corrected chi connectivity index (χ0v) is 16.7. The Hall–Kier alpha value is -2.17. The zero-order valence-electron chi connectivity index (χ0n) is 16.7. The number of hydrogen-bond acceptors (Lipinski definition) is 5. The van der Waals surface area contributed by atoms with Crippen molar-refractivity contribution in [3.05, 3.63) is 35.9 Å². The van der Waals surface area contributed by atoms with Gasteiger partial charge in [-0.25, -0.2) is 4.79 Å². The molecule has 0 aromatic heterocycles. The van der Waals surface area contributed by atoms with Crippen LogP contribution in [0.4, 0.5) is 13.2 Å². The molecular formula is C20H27F3N2O5. The summed E-state index contributed by atoms with van der Waals surface area (Å²) in [6, 6.07) is 10.3. The van der Waals surface area contributed by atoms with Crippen LogP contribution < -0.4 is 5.32 Å². The van der Waals surface area contributed by atoms with Gasteiger partial charge in [-0.3, -0.25) is 9.69 Å². The number of rotatable bonds is 7. The Morgan fingerprint density at radius 1 is 1.27 bits per heavy atom. The van der Waals surface area contributed by atoms with E-state index in [1.165, 1.54) is 5.56 Å². The molecule has 1 aromatic rings. The molecule has 2 N–H and O–H groups in total. The quantitative estimate of drug-likeness (QED) is 0.642. The van der Waals surface area contributed by atoms with E-state index in [4.69, 9.17) is 19.4 Å². The van der Waals surface area contributed by atoms with Crippen LogP contribution in [0.15, 0.2) is 30.3 Å². The lowest BCUT2D eigenvalue weighted by molar-refractivity contribution is -0.192. The third-order valence-electron chi connectivity index (χ3n) is 4.99. The number of alkyl halides is 3. The third-order valence-corrected chi connectivity index (χ3v) is 4.99. The van der Waals surface area contributed by atoms with Gasteiger partial charge in [-0.1, -0.05) is 30.3 Å². The van der Waals surface area contributed by atoms with Crippen molar-refractivity contribution in [1.29, 1.82) is 0 Å². The number of benzene rings is 1. The number of nitrogens with one attached hydrogen (secondary N) is 1. The van der Waals surface area contributed by atoms with Crippen molar-refractivity contribution in [1.82, 2.24) is 10.2 Å². The van der Waals surface area contributed by atoms with Crippen molar-refractivity contribution < 1.29 is 37.3 Å². The predicted octanol–water partition coefficient (Wildman–Crippen LogP) is 2.06. The molecular weight excluding hydrogens is 405 g/mol. The number of halogens is 3. The molecule has 2 aliphatic heterocycles. The monoisotopic (exact) mass is 432 g/mol. The van der Waals surface area contributed by atoms with Crippen molar-refractivity contribution in [2.45, 2.75) is 37.8 Å². The molecule has 0 saturated carbocycles. The average molecular weight is 432 g/mol. The van der Waals surface area contributed by atoms with Crippen LogP contribution in [-0.2, 0) is 25.7 Å². The number of nitrogens with zero attached hydrogens (tertiary/aromatic N) is 1. The SMILES string of the molecule is CNC(=O)C[C@@H]1C[C@H]2CN(CCOCc3ccccc3)C[C@H]2O1.O=C(O)C(F)(F)F. The van der Waals surface area contributed by atoms with Gasteiger partial charge in [0.05, 0.1) is 31.8 Å². The summed E-state index contributed by atoms with van der Waals surface area (Å²) in [6.07, 6.45) is -3.21. The van der Waals surface area contributed by atoms with Crippen LogP contribution in [0.3, 0.4) is 0 Å². The molecule has 1 aromatic carbocycles. The lowest BCUT2D eigenvalue weighted by Gasteiger charge is -2.18. The number of carbonyl (C=O) groups excluding carboxylic acids is 1. The fraction of sp³-hybridized carbons (Fsp3) is 0.600. The van der Waals surface area contributed by atoms with Crippen LogP contribution in [0.25, 0.3) is 0 Å². The van der Waals surface area contributed by atoms with Gasteiger partial charge in [0, 0.05) is 32.6 Å². The number of amides is 1. The molecule has 0 unspecified atom stereocenters. The highest BCUT2D eigenvalue weighted by Crippen LogP contribution is 2.34. The molecule has 168 valence electrons. The van der Waals surface area contributed by atoms with E-state index in [1.54, 1.807) is 7.05 Å². The number of fused-ring (bicyclic) bond motifs is 1. The van der Waals surface area contributed by atoms with E-state index in [-0.39, 0.29) is 12.0 Å². The van der Waals surface area contributed by atoms with Gasteiger partial charge in [0.1, 0.15) is 0 Å². The van der Waals surface area contributed by atoms with Crippen molar-refractivity contribution >= 4 is 11.9 Å². The molecule has 30 heavy (non-hydrogen) atoms. The number of aliphatic carboxylic acids is 1. The predicted molar refractivity (Wildman–Crippen MR) is 102 cm³/mol. The molecule has 10 heteroatoms. The summed E-state index contributed by atoms with van der Waals surface area (Å²) < 4.78 is 43.5. The molecule has 0 aliphatic carbocycles. The first-order valence-electron chi connectivity index (χ1n) is 9.69. The minimum Gasteiger partial charge on any atom is -0.475 e. The number of carboxylic acids is 1. The molecule has 2 heterocycles. The van der Waals surface area contributed by atoms with E-state index in [0.717, 1.165) is 32.7 Å². The van der Waals surface area contributed by atoms with Gasteiger partial charge in [0.15, 0.2) is 0 Å². The fourth-order valence-corrected chi connectivity index (χ4v) is 3.53. The summed E-state index contributed by atoms with van der Waals surface area (Å²) >= 11 is 0. The first-order valence-corrected chi connectivity index (χ1v) is 9.69. The molecule has 0 bridgehead atoms. The molecule has 0 radical (unpaired) electrons. The van der Waals surface area contributed by atoms with Crippen molar-refractivity contribution in [3.8, 4) is 0 Å². The van der Waals surface area contributed by atoms with Crippen molar-refractivity contribution in [2.75, 3.05) is 33.3 Å². The van der Waals surface area contributed by atoms with E-state index < -0.39 is 12.1 Å². The number of hydrogen-bond donors (Lipinski definition) is 2. The Bertz CT molecular complexity index is 673. The summed E-state index contributed by atoms with van der Waals surface area (Å²) in [4.78, 5) is 22.7. The number of carbonyl (C=O) groups is 2. The van der Waals surface area contributed by atoms with E-state index in [1.807, 2.05) is 18.2 Å². The maximum atomic E-state index is 11.4. The summed E-state index contributed by atoms with van der Waals surface area (Å²) in [6.45, 7) is 4.39. The van der Waals surface area contributed by atoms with Gasteiger partial charge < -0.3 is 19.9 Å². The third kappa shape index (κ3) is 7.92. The van der Waals surface area contributed by atoms with Gasteiger partial charge in [-0.2, -0.15) is 13.2 Å². The molecule has 3 atom stereocenters. The maximum Gasteiger partial charge on any atom is 0.490 e. The first-order chi connectivity index (χ1) is 14.2. The van der Waals surface area contributed by atoms with Crippen LogP contribution in [0, 0.1) is 5.92 Å². The number of ether oxygens (including phenoxy) is 2. The second-order valence-electron chi connectivity index (χ2n) is 7.27. The second-order valence-corrected chi connectivity index (χ2v) is 7.27. The van der Waals surface area contributed by atoms with Crippen LogP contribution >= 0.6 is 0 Å². The molecule has 3 rings (SSSR count). The standard InChI is InChI=1S/C18H26N2O3.C2HF3O2/c1-19-18(21)10-16-9-15-11-20(12-17(15)23-16)7-8-22-13-14-5-3-2-4-6-14;3-2(4,5)1(6)7/h2-6,15-17H,7-13H2,1H3,(H,19,21);(H,6,7)/t15-,16-,17+;/m0./s1. The van der Waals surface area contributed by atoms with Crippen LogP contribution in [0.5, 0.6) is 0 Å². The average Bonchev–Trinajstić information content (AvgIpc) is 3.23. The van der Waals surface area contributed by atoms with Gasteiger partial charge in [0.25, 0.3) is 0 Å². The van der Waals surface area contributed by atoms with Gasteiger partial charge in [0.2, 0.25) is 5.91 Å². The van der Waals surface area contributed by atoms with Crippen LogP contribution in [-0.4, -0.2) is 73.6 Å². The van der Waals surface area contributed by atoms with E-state index in [2.05, 4.69) is 22.3 Å². The summed E-state index contributed by atoms with van der Waals surface area (Å²) in [5, 5.41) is 9.79. The van der Waals surface area contributed by atoms with Crippen molar-refractivity contribution in [2.24, 2.45) is 5.92 Å². The van der Waals surface area contributed by atoms with E-state index in [9.17, 15) is 18.0 Å². The van der Waals surface area contributed by atoms with E-state index >= 15 is 0 Å². The zero-order chi connectivity index (χ0) is 22.1. The lowest BCUT2D eigenvalue weighted by Crippen LogP contribution is -2.30. The Balaban J connectivity index is 0.000000396. The Morgan fingerprint density at radius 3 is 2.50 bits per heavy atom. The highest BCUT2D eigenvalue weighted by Gasteiger charge is 2.42. The van der Waals surface area contributed by atoms with Crippen LogP contribution in [0.2, 0.25) is 0 Å². The first kappa shape index (κ1) is 24.1. The largest absolute Gasteiger partial charge is 0.490 e. The van der Waals surface area contributed by atoms with Gasteiger partial charge >= 0.3 is 12.1 Å². The Labute approximate surface area is 173 Å². The summed E-state index contributed by atoms with van der Waals surface area (Å²) in [7, 11) is 1.68. The van der Waals surface area contributed by atoms with E-state index in [0.29, 0.717) is 25.0 Å². The molecule has 2 fully saturated rings. The smallest absolute Gasteiger partial charge is 0.475 e.